The fourth-order valence-corrected chi connectivity index (χ4v) is 4.18. The van der Waals surface area contributed by atoms with E-state index in [1.54, 1.807) is 12.1 Å². The quantitative estimate of drug-likeness (QED) is 0.249. The van der Waals surface area contributed by atoms with Crippen molar-refractivity contribution in [2.24, 2.45) is 5.18 Å². The molecular weight excluding hydrogens is 359 g/mol. The van der Waals surface area contributed by atoms with E-state index in [1.807, 2.05) is 42.6 Å². The van der Waals surface area contributed by atoms with Gasteiger partial charge in [0.25, 0.3) is 0 Å². The third-order valence-electron chi connectivity index (χ3n) is 5.51. The number of hydrogen-bond acceptors (Lipinski definition) is 3. The van der Waals surface area contributed by atoms with Crippen LogP contribution in [-0.2, 0) is 0 Å². The average molecular weight is 372 g/mol. The number of imidazole rings is 1. The fourth-order valence-electron chi connectivity index (χ4n) is 4.18. The zero-order valence-electron chi connectivity index (χ0n) is 15.2. The Kier molecular flexibility index (Phi) is 3.21. The van der Waals surface area contributed by atoms with E-state index in [0.717, 1.165) is 54.9 Å². The molecule has 6 rings (SSSR count). The predicted octanol–water partition coefficient (Wildman–Crippen LogP) is 5.21. The van der Waals surface area contributed by atoms with Crippen molar-refractivity contribution in [1.29, 1.82) is 0 Å². The molecule has 0 atom stereocenters. The molecule has 134 valence electrons. The number of fused-ring (bicyclic) bond motifs is 7. The van der Waals surface area contributed by atoms with Gasteiger partial charge in [0.15, 0.2) is 0 Å². The van der Waals surface area contributed by atoms with Crippen LogP contribution in [0.1, 0.15) is 0 Å². The van der Waals surface area contributed by atoms with Crippen molar-refractivity contribution in [3.05, 3.63) is 71.8 Å². The Bertz CT molecular complexity index is 1600. The molecule has 0 aliphatic rings. The Morgan fingerprint density at radius 3 is 2.55 bits per heavy atom. The first-order valence-corrected chi connectivity index (χ1v) is 9.27. The Hall–Kier alpha value is -3.93. The van der Waals surface area contributed by atoms with Crippen molar-refractivity contribution in [2.75, 3.05) is 0 Å². The lowest BCUT2D eigenvalue weighted by Crippen LogP contribution is -1.99. The maximum atomic E-state index is 11.1. The standard InChI is InChI=1S/C23H13BN4O/c24-12-5-8-20-17(9-12)19(11-25-20)23-26-21-16-4-2-1-3-14(16)15-7-6-13(28-29)10-18(15)22(21)27-23/h1-11,25H,(H,26,27). The highest BCUT2D eigenvalue weighted by Gasteiger charge is 2.16. The van der Waals surface area contributed by atoms with Crippen molar-refractivity contribution in [3.63, 3.8) is 0 Å². The summed E-state index contributed by atoms with van der Waals surface area (Å²) in [5.41, 5.74) is 4.79. The molecule has 2 radical (unpaired) electrons. The molecule has 2 aromatic heterocycles. The zero-order valence-corrected chi connectivity index (χ0v) is 15.2. The van der Waals surface area contributed by atoms with Gasteiger partial charge in [0.1, 0.15) is 19.4 Å². The van der Waals surface area contributed by atoms with Gasteiger partial charge in [-0.2, -0.15) is 0 Å². The van der Waals surface area contributed by atoms with Crippen LogP contribution >= 0.6 is 0 Å². The van der Waals surface area contributed by atoms with Crippen molar-refractivity contribution in [2.45, 2.75) is 0 Å². The summed E-state index contributed by atoms with van der Waals surface area (Å²) in [4.78, 5) is 22.8. The largest absolute Gasteiger partial charge is 0.360 e. The summed E-state index contributed by atoms with van der Waals surface area (Å²) >= 11 is 0. The van der Waals surface area contributed by atoms with Crippen molar-refractivity contribution in [1.82, 2.24) is 15.0 Å². The zero-order chi connectivity index (χ0) is 19.5. The van der Waals surface area contributed by atoms with Crippen molar-refractivity contribution >= 4 is 62.5 Å². The highest BCUT2D eigenvalue weighted by Crippen LogP contribution is 2.37. The summed E-state index contributed by atoms with van der Waals surface area (Å²) in [6, 6.07) is 19.4. The van der Waals surface area contributed by atoms with Crippen molar-refractivity contribution < 1.29 is 0 Å². The van der Waals surface area contributed by atoms with Crippen LogP contribution in [-0.4, -0.2) is 22.8 Å². The lowest BCUT2D eigenvalue weighted by atomic mass is 9.94. The van der Waals surface area contributed by atoms with E-state index in [1.165, 1.54) is 0 Å². The normalized spacial score (nSPS) is 11.7. The Morgan fingerprint density at radius 1 is 0.862 bits per heavy atom. The number of rotatable bonds is 2. The topological polar surface area (TPSA) is 73.9 Å². The van der Waals surface area contributed by atoms with Gasteiger partial charge < -0.3 is 9.97 Å². The van der Waals surface area contributed by atoms with Gasteiger partial charge in [-0.25, -0.2) is 4.98 Å². The molecule has 2 heterocycles. The van der Waals surface area contributed by atoms with Crippen LogP contribution in [0, 0.1) is 4.91 Å². The van der Waals surface area contributed by atoms with E-state index < -0.39 is 0 Å². The highest BCUT2D eigenvalue weighted by atomic mass is 16.3. The third-order valence-corrected chi connectivity index (χ3v) is 5.51. The summed E-state index contributed by atoms with van der Waals surface area (Å²) < 4.78 is 0. The lowest BCUT2D eigenvalue weighted by Gasteiger charge is -2.06. The molecule has 2 N–H and O–H groups in total. The molecule has 0 saturated heterocycles. The Balaban J connectivity index is 1.76. The minimum absolute atomic E-state index is 0.387. The second-order valence-corrected chi connectivity index (χ2v) is 7.18. The fraction of sp³-hybridized carbons (Fsp3) is 0. The van der Waals surface area contributed by atoms with E-state index in [2.05, 4.69) is 27.3 Å². The number of hydrogen-bond donors (Lipinski definition) is 2. The van der Waals surface area contributed by atoms with Gasteiger partial charge in [-0.1, -0.05) is 47.9 Å². The molecule has 0 spiro atoms. The smallest absolute Gasteiger partial charge is 0.140 e. The van der Waals surface area contributed by atoms with E-state index in [0.29, 0.717) is 11.2 Å². The minimum atomic E-state index is 0.387. The first kappa shape index (κ1) is 16.1. The first-order chi connectivity index (χ1) is 14.2. The molecule has 6 aromatic rings. The molecule has 0 amide bonds. The molecular formula is C23H13BN4O. The molecule has 0 fully saturated rings. The number of nitrogens with zero attached hydrogens (tertiary/aromatic N) is 2. The molecule has 4 aromatic carbocycles. The molecule has 0 bridgehead atoms. The van der Waals surface area contributed by atoms with Crippen LogP contribution in [0.25, 0.3) is 54.9 Å². The molecule has 0 aliphatic carbocycles. The van der Waals surface area contributed by atoms with Gasteiger partial charge >= 0.3 is 0 Å². The summed E-state index contributed by atoms with van der Waals surface area (Å²) in [5.74, 6) is 0.749. The van der Waals surface area contributed by atoms with E-state index >= 15 is 0 Å². The minimum Gasteiger partial charge on any atom is -0.360 e. The van der Waals surface area contributed by atoms with E-state index in [-0.39, 0.29) is 0 Å². The number of benzene rings is 4. The summed E-state index contributed by atoms with van der Waals surface area (Å²) in [6.45, 7) is 0. The lowest BCUT2D eigenvalue weighted by molar-refractivity contribution is 1.34. The molecule has 6 heteroatoms. The maximum Gasteiger partial charge on any atom is 0.140 e. The van der Waals surface area contributed by atoms with E-state index in [4.69, 9.17) is 12.8 Å². The molecule has 0 unspecified atom stereocenters. The Morgan fingerprint density at radius 2 is 1.69 bits per heavy atom. The molecule has 5 nitrogen and oxygen atoms in total. The van der Waals surface area contributed by atoms with Crippen LogP contribution in [0.15, 0.2) is 72.0 Å². The second kappa shape index (κ2) is 5.78. The molecule has 0 saturated carbocycles. The van der Waals surface area contributed by atoms with E-state index in [9.17, 15) is 4.91 Å². The van der Waals surface area contributed by atoms with Crippen LogP contribution in [0.2, 0.25) is 0 Å². The summed E-state index contributed by atoms with van der Waals surface area (Å²) in [7, 11) is 6.00. The number of nitrogens with one attached hydrogen (secondary N) is 2. The SMILES string of the molecule is [B]c1ccc2[nH]cc(-c3nc4c5cc(N=O)ccc5c5ccccc5c4[nH]3)c2c1. The first-order valence-electron chi connectivity index (χ1n) is 9.27. The predicted molar refractivity (Wildman–Crippen MR) is 119 cm³/mol. The van der Waals surface area contributed by atoms with Gasteiger partial charge in [-0.05, 0) is 34.1 Å². The highest BCUT2D eigenvalue weighted by molar-refractivity contribution is 6.33. The summed E-state index contributed by atoms with van der Waals surface area (Å²) in [6.07, 6.45) is 1.94. The van der Waals surface area contributed by atoms with Gasteiger partial charge in [0.2, 0.25) is 0 Å². The number of aromatic nitrogens is 3. The van der Waals surface area contributed by atoms with Gasteiger partial charge in [0.05, 0.1) is 11.0 Å². The monoisotopic (exact) mass is 372 g/mol. The van der Waals surface area contributed by atoms with Crippen molar-refractivity contribution in [3.8, 4) is 11.4 Å². The Labute approximate surface area is 166 Å². The van der Waals surface area contributed by atoms with Crippen LogP contribution in [0.5, 0.6) is 0 Å². The molecule has 29 heavy (non-hydrogen) atoms. The number of H-pyrrole nitrogens is 2. The maximum absolute atomic E-state index is 11.1. The van der Waals surface area contributed by atoms with Gasteiger partial charge in [-0.15, -0.1) is 4.91 Å². The number of aromatic amines is 2. The average Bonchev–Trinajstić information content (AvgIpc) is 3.37. The van der Waals surface area contributed by atoms with Gasteiger partial charge in [0, 0.05) is 33.4 Å². The van der Waals surface area contributed by atoms with Crippen LogP contribution < -0.4 is 5.46 Å². The number of nitroso groups, excluding NO2 is 1. The third kappa shape index (κ3) is 2.26. The molecule has 0 aliphatic heterocycles. The van der Waals surface area contributed by atoms with Crippen LogP contribution in [0.3, 0.4) is 0 Å². The van der Waals surface area contributed by atoms with Gasteiger partial charge in [-0.3, -0.25) is 0 Å². The second-order valence-electron chi connectivity index (χ2n) is 7.18. The van der Waals surface area contributed by atoms with Crippen LogP contribution in [0.4, 0.5) is 5.69 Å². The summed E-state index contributed by atoms with van der Waals surface area (Å²) in [5, 5.41) is 8.25.